The molecule has 0 aliphatic carbocycles. The van der Waals surface area contributed by atoms with E-state index in [1.807, 2.05) is 13.8 Å². The van der Waals surface area contributed by atoms with Gasteiger partial charge in [-0.1, -0.05) is 26.0 Å². The van der Waals surface area contributed by atoms with E-state index in [-0.39, 0.29) is 12.4 Å². The van der Waals surface area contributed by atoms with Crippen molar-refractivity contribution >= 4 is 5.97 Å². The molecule has 0 saturated heterocycles. The molecule has 19 heavy (non-hydrogen) atoms. The van der Waals surface area contributed by atoms with Crippen molar-refractivity contribution in [3.05, 3.63) is 30.1 Å². The lowest BCUT2D eigenvalue weighted by atomic mass is 10.0. The van der Waals surface area contributed by atoms with Crippen LogP contribution in [-0.2, 0) is 4.79 Å². The van der Waals surface area contributed by atoms with Crippen LogP contribution >= 0.6 is 0 Å². The Hall–Kier alpha value is -1.62. The molecule has 1 atom stereocenters. The smallest absolute Gasteiger partial charge is 0.320 e. The van der Waals surface area contributed by atoms with Crippen LogP contribution in [0.3, 0.4) is 0 Å². The van der Waals surface area contributed by atoms with Gasteiger partial charge in [-0.05, 0) is 24.5 Å². The third-order valence-electron chi connectivity index (χ3n) is 2.59. The largest absolute Gasteiger partial charge is 0.489 e. The molecule has 5 heteroatoms. The summed E-state index contributed by atoms with van der Waals surface area (Å²) in [6.07, 6.45) is 0.551. The van der Waals surface area contributed by atoms with Crippen LogP contribution in [0, 0.1) is 11.7 Å². The fourth-order valence-corrected chi connectivity index (χ4v) is 1.70. The summed E-state index contributed by atoms with van der Waals surface area (Å²) in [5.74, 6) is -0.819. The summed E-state index contributed by atoms with van der Waals surface area (Å²) in [7, 11) is 0. The van der Waals surface area contributed by atoms with Gasteiger partial charge in [0.1, 0.15) is 12.6 Å². The summed E-state index contributed by atoms with van der Waals surface area (Å²) >= 11 is 0. The molecule has 0 radical (unpaired) electrons. The maximum absolute atomic E-state index is 13.2. The molecule has 0 aliphatic heterocycles. The highest BCUT2D eigenvalue weighted by molar-refractivity contribution is 5.73. The van der Waals surface area contributed by atoms with Gasteiger partial charge in [0, 0.05) is 6.54 Å². The quantitative estimate of drug-likeness (QED) is 0.711. The van der Waals surface area contributed by atoms with Gasteiger partial charge in [0.05, 0.1) is 0 Å². The van der Waals surface area contributed by atoms with E-state index in [4.69, 9.17) is 9.84 Å². The summed E-state index contributed by atoms with van der Waals surface area (Å²) in [5.41, 5.74) is 0. The minimum Gasteiger partial charge on any atom is -0.489 e. The highest BCUT2D eigenvalue weighted by Crippen LogP contribution is 2.14. The molecule has 0 saturated carbocycles. The van der Waals surface area contributed by atoms with Crippen molar-refractivity contribution in [1.82, 2.24) is 5.32 Å². The number of carbonyl (C=O) groups is 1. The number of rotatable bonds is 8. The minimum atomic E-state index is -0.875. The van der Waals surface area contributed by atoms with Gasteiger partial charge in [-0.15, -0.1) is 0 Å². The molecule has 1 aromatic carbocycles. The Bertz CT molecular complexity index is 409. The molecular weight excluding hydrogens is 249 g/mol. The topological polar surface area (TPSA) is 58.6 Å². The predicted octanol–water partition coefficient (Wildman–Crippen LogP) is 2.29. The Labute approximate surface area is 112 Å². The van der Waals surface area contributed by atoms with Crippen molar-refractivity contribution in [3.63, 3.8) is 0 Å². The van der Waals surface area contributed by atoms with Crippen LogP contribution in [0.25, 0.3) is 0 Å². The second-order valence-electron chi connectivity index (χ2n) is 4.75. The van der Waals surface area contributed by atoms with Crippen molar-refractivity contribution in [1.29, 1.82) is 0 Å². The third kappa shape index (κ3) is 5.70. The SMILES string of the molecule is CC(C)CC(NCCOc1ccccc1F)C(=O)O. The molecule has 0 aromatic heterocycles. The molecule has 0 heterocycles. The van der Waals surface area contributed by atoms with E-state index in [0.717, 1.165) is 0 Å². The summed E-state index contributed by atoms with van der Waals surface area (Å²) in [6.45, 7) is 4.52. The number of ether oxygens (including phenoxy) is 1. The summed E-state index contributed by atoms with van der Waals surface area (Å²) < 4.78 is 18.5. The molecule has 0 spiro atoms. The van der Waals surface area contributed by atoms with E-state index >= 15 is 0 Å². The summed E-state index contributed by atoms with van der Waals surface area (Å²) in [5, 5.41) is 11.9. The molecule has 4 nitrogen and oxygen atoms in total. The molecule has 0 fully saturated rings. The van der Waals surface area contributed by atoms with E-state index in [9.17, 15) is 9.18 Å². The Morgan fingerprint density at radius 2 is 2.11 bits per heavy atom. The van der Waals surface area contributed by atoms with Gasteiger partial charge < -0.3 is 15.2 Å². The lowest BCUT2D eigenvalue weighted by Crippen LogP contribution is -2.39. The van der Waals surface area contributed by atoms with Gasteiger partial charge in [0.15, 0.2) is 11.6 Å². The average Bonchev–Trinajstić information content (AvgIpc) is 2.34. The monoisotopic (exact) mass is 269 g/mol. The first-order valence-corrected chi connectivity index (χ1v) is 6.34. The lowest BCUT2D eigenvalue weighted by molar-refractivity contribution is -0.139. The van der Waals surface area contributed by atoms with Crippen molar-refractivity contribution in [2.24, 2.45) is 5.92 Å². The highest BCUT2D eigenvalue weighted by atomic mass is 19.1. The fraction of sp³-hybridized carbons (Fsp3) is 0.500. The molecule has 0 aliphatic rings. The average molecular weight is 269 g/mol. The number of hydrogen-bond donors (Lipinski definition) is 2. The second kappa shape index (κ2) is 7.74. The number of halogens is 1. The van der Waals surface area contributed by atoms with Gasteiger partial charge in [0.25, 0.3) is 0 Å². The number of hydrogen-bond acceptors (Lipinski definition) is 3. The van der Waals surface area contributed by atoms with E-state index < -0.39 is 17.8 Å². The number of para-hydroxylation sites is 1. The first kappa shape index (κ1) is 15.4. The zero-order valence-electron chi connectivity index (χ0n) is 11.2. The standard InChI is InChI=1S/C14H20FNO3/c1-10(2)9-12(14(17)18)16-7-8-19-13-6-4-3-5-11(13)15/h3-6,10,12,16H,7-9H2,1-2H3,(H,17,18). The molecule has 0 bridgehead atoms. The van der Waals surface area contributed by atoms with Crippen molar-refractivity contribution in [2.45, 2.75) is 26.3 Å². The Morgan fingerprint density at radius 3 is 2.68 bits per heavy atom. The second-order valence-corrected chi connectivity index (χ2v) is 4.75. The molecular formula is C14H20FNO3. The number of nitrogens with one attached hydrogen (secondary N) is 1. The summed E-state index contributed by atoms with van der Waals surface area (Å²) in [4.78, 5) is 11.0. The van der Waals surface area contributed by atoms with Crippen LogP contribution in [0.4, 0.5) is 4.39 Å². The van der Waals surface area contributed by atoms with Crippen LogP contribution < -0.4 is 10.1 Å². The van der Waals surface area contributed by atoms with Gasteiger partial charge in [-0.2, -0.15) is 0 Å². The molecule has 0 amide bonds. The molecule has 1 aromatic rings. The van der Waals surface area contributed by atoms with Crippen LogP contribution in [0.2, 0.25) is 0 Å². The number of carboxylic acids is 1. The first-order valence-electron chi connectivity index (χ1n) is 6.34. The zero-order valence-corrected chi connectivity index (χ0v) is 11.2. The van der Waals surface area contributed by atoms with E-state index in [0.29, 0.717) is 18.9 Å². The van der Waals surface area contributed by atoms with E-state index in [1.165, 1.54) is 12.1 Å². The third-order valence-corrected chi connectivity index (χ3v) is 2.59. The van der Waals surface area contributed by atoms with Crippen molar-refractivity contribution < 1.29 is 19.0 Å². The molecule has 1 unspecified atom stereocenters. The van der Waals surface area contributed by atoms with E-state index in [1.54, 1.807) is 12.1 Å². The highest BCUT2D eigenvalue weighted by Gasteiger charge is 2.17. The summed E-state index contributed by atoms with van der Waals surface area (Å²) in [6, 6.07) is 5.54. The maximum Gasteiger partial charge on any atom is 0.320 e. The Kier molecular flexibility index (Phi) is 6.29. The first-order chi connectivity index (χ1) is 9.00. The van der Waals surface area contributed by atoms with Crippen LogP contribution in [-0.4, -0.2) is 30.3 Å². The number of carboxylic acid groups (broad SMARTS) is 1. The fourth-order valence-electron chi connectivity index (χ4n) is 1.70. The normalized spacial score (nSPS) is 12.4. The molecule has 106 valence electrons. The van der Waals surface area contributed by atoms with Crippen molar-refractivity contribution in [2.75, 3.05) is 13.2 Å². The maximum atomic E-state index is 13.2. The molecule has 1 rings (SSSR count). The Balaban J connectivity index is 2.33. The zero-order chi connectivity index (χ0) is 14.3. The van der Waals surface area contributed by atoms with Crippen molar-refractivity contribution in [3.8, 4) is 5.75 Å². The van der Waals surface area contributed by atoms with Gasteiger partial charge in [-0.3, -0.25) is 4.79 Å². The Morgan fingerprint density at radius 1 is 1.42 bits per heavy atom. The van der Waals surface area contributed by atoms with Gasteiger partial charge in [0.2, 0.25) is 0 Å². The van der Waals surface area contributed by atoms with E-state index in [2.05, 4.69) is 5.32 Å². The van der Waals surface area contributed by atoms with Gasteiger partial charge >= 0.3 is 5.97 Å². The lowest BCUT2D eigenvalue weighted by Gasteiger charge is -2.16. The predicted molar refractivity (Wildman–Crippen MR) is 70.8 cm³/mol. The van der Waals surface area contributed by atoms with Crippen LogP contribution in [0.15, 0.2) is 24.3 Å². The minimum absolute atomic E-state index is 0.181. The number of benzene rings is 1. The van der Waals surface area contributed by atoms with Gasteiger partial charge in [-0.25, -0.2) is 4.39 Å². The van der Waals surface area contributed by atoms with Crippen LogP contribution in [0.5, 0.6) is 5.75 Å². The van der Waals surface area contributed by atoms with Crippen LogP contribution in [0.1, 0.15) is 20.3 Å². The molecule has 2 N–H and O–H groups in total. The number of aliphatic carboxylic acids is 1.